The zero-order chi connectivity index (χ0) is 21.4. The van der Waals surface area contributed by atoms with E-state index in [0.29, 0.717) is 40.3 Å². The topological polar surface area (TPSA) is 91.1 Å². The number of aryl methyl sites for hydroxylation is 2. The van der Waals surface area contributed by atoms with Gasteiger partial charge in [0.2, 0.25) is 5.78 Å². The number of rotatable bonds is 6. The lowest BCUT2D eigenvalue weighted by atomic mass is 10.1. The van der Waals surface area contributed by atoms with Crippen LogP contribution in [0, 0.1) is 6.92 Å². The van der Waals surface area contributed by atoms with Crippen molar-refractivity contribution in [3.63, 3.8) is 0 Å². The van der Waals surface area contributed by atoms with Gasteiger partial charge in [0, 0.05) is 12.1 Å². The Morgan fingerprint density at radius 3 is 2.81 bits per heavy atom. The molecule has 0 saturated heterocycles. The maximum atomic E-state index is 12.9. The van der Waals surface area contributed by atoms with Gasteiger partial charge in [0.25, 0.3) is 11.4 Å². The number of thioether (sulfide) groups is 1. The lowest BCUT2D eigenvalue weighted by Crippen LogP contribution is -2.23. The number of fused-ring (bicyclic) bond motifs is 3. The van der Waals surface area contributed by atoms with Gasteiger partial charge in [0.05, 0.1) is 16.7 Å². The Bertz CT molecular complexity index is 1450. The van der Waals surface area contributed by atoms with Gasteiger partial charge >= 0.3 is 0 Å². The van der Waals surface area contributed by atoms with Crippen LogP contribution in [0.5, 0.6) is 0 Å². The van der Waals surface area contributed by atoms with E-state index in [-0.39, 0.29) is 5.56 Å². The predicted molar refractivity (Wildman–Crippen MR) is 119 cm³/mol. The minimum atomic E-state index is -0.0464. The monoisotopic (exact) mass is 432 g/mol. The first kappa shape index (κ1) is 19.5. The lowest BCUT2D eigenvalue weighted by Gasteiger charge is -2.10. The summed E-state index contributed by atoms with van der Waals surface area (Å²) < 4.78 is 9.05. The van der Waals surface area contributed by atoms with Gasteiger partial charge in [-0.1, -0.05) is 53.7 Å². The second-order valence-electron chi connectivity index (χ2n) is 7.27. The van der Waals surface area contributed by atoms with E-state index in [1.807, 2.05) is 66.8 Å². The molecule has 0 unspecified atom stereocenters. The molecule has 0 fully saturated rings. The maximum Gasteiger partial charge on any atom is 0.262 e. The molecule has 0 radical (unpaired) electrons. The van der Waals surface area contributed by atoms with E-state index in [9.17, 15) is 4.79 Å². The Hall–Kier alpha value is -3.46. The van der Waals surface area contributed by atoms with Gasteiger partial charge in [-0.15, -0.1) is 10.2 Å². The molecule has 9 heteroatoms. The standard InChI is InChI=1S/C22H20N6O2S/c1-3-11-27-20(29)16-9-4-5-10-17(16)28-21(27)24-25-22(28)31-13-18-23-19(30-26-18)15-8-6-7-14(2)12-15/h4-10,12H,3,11,13H2,1-2H3. The summed E-state index contributed by atoms with van der Waals surface area (Å²) in [6.07, 6.45) is 0.827. The number of benzene rings is 2. The van der Waals surface area contributed by atoms with Gasteiger partial charge in [-0.2, -0.15) is 4.98 Å². The molecule has 0 amide bonds. The molecule has 31 heavy (non-hydrogen) atoms. The fraction of sp³-hybridized carbons (Fsp3) is 0.227. The number of para-hydroxylation sites is 1. The Labute approximate surface area is 181 Å². The summed E-state index contributed by atoms with van der Waals surface area (Å²) in [4.78, 5) is 17.4. The van der Waals surface area contributed by atoms with Gasteiger partial charge < -0.3 is 4.52 Å². The zero-order valence-electron chi connectivity index (χ0n) is 17.1. The third-order valence-electron chi connectivity index (χ3n) is 4.99. The highest BCUT2D eigenvalue weighted by Gasteiger charge is 2.17. The summed E-state index contributed by atoms with van der Waals surface area (Å²) in [5.74, 6) is 2.08. The highest BCUT2D eigenvalue weighted by atomic mass is 32.2. The molecule has 0 spiro atoms. The number of hydrogen-bond acceptors (Lipinski definition) is 7. The molecule has 3 heterocycles. The summed E-state index contributed by atoms with van der Waals surface area (Å²) >= 11 is 1.46. The first-order valence-electron chi connectivity index (χ1n) is 10.0. The Morgan fingerprint density at radius 1 is 1.10 bits per heavy atom. The Balaban J connectivity index is 1.50. The molecule has 3 aromatic heterocycles. The van der Waals surface area contributed by atoms with Crippen molar-refractivity contribution < 1.29 is 4.52 Å². The smallest absolute Gasteiger partial charge is 0.262 e. The fourth-order valence-electron chi connectivity index (χ4n) is 3.59. The van der Waals surface area contributed by atoms with Crippen LogP contribution < -0.4 is 5.56 Å². The van der Waals surface area contributed by atoms with Crippen LogP contribution in [0.15, 0.2) is 63.0 Å². The molecule has 5 rings (SSSR count). The molecule has 0 aliphatic carbocycles. The summed E-state index contributed by atoms with van der Waals surface area (Å²) in [6.45, 7) is 4.64. The summed E-state index contributed by atoms with van der Waals surface area (Å²) in [5, 5.41) is 14.1. The molecule has 0 aliphatic heterocycles. The van der Waals surface area contributed by atoms with Crippen LogP contribution in [0.1, 0.15) is 24.7 Å². The first-order chi connectivity index (χ1) is 15.2. The van der Waals surface area contributed by atoms with E-state index < -0.39 is 0 Å². The molecule has 2 aromatic carbocycles. The Kier molecular flexibility index (Phi) is 5.03. The zero-order valence-corrected chi connectivity index (χ0v) is 18.0. The molecule has 156 valence electrons. The number of nitrogens with zero attached hydrogens (tertiary/aromatic N) is 6. The van der Waals surface area contributed by atoms with Crippen molar-refractivity contribution in [1.82, 2.24) is 29.3 Å². The van der Waals surface area contributed by atoms with Gasteiger partial charge in [0.1, 0.15) is 0 Å². The molecular weight excluding hydrogens is 412 g/mol. The van der Waals surface area contributed by atoms with Crippen molar-refractivity contribution in [3.05, 3.63) is 70.3 Å². The van der Waals surface area contributed by atoms with Gasteiger partial charge in [-0.3, -0.25) is 13.8 Å². The lowest BCUT2D eigenvalue weighted by molar-refractivity contribution is 0.425. The predicted octanol–water partition coefficient (Wildman–Crippen LogP) is 4.10. The van der Waals surface area contributed by atoms with Crippen LogP contribution in [-0.2, 0) is 12.3 Å². The van der Waals surface area contributed by atoms with Crippen LogP contribution >= 0.6 is 11.8 Å². The van der Waals surface area contributed by atoms with E-state index in [0.717, 1.165) is 23.1 Å². The highest BCUT2D eigenvalue weighted by molar-refractivity contribution is 7.98. The van der Waals surface area contributed by atoms with Crippen LogP contribution in [0.3, 0.4) is 0 Å². The molecule has 0 aliphatic rings. The van der Waals surface area contributed by atoms with Crippen molar-refractivity contribution >= 4 is 28.4 Å². The Morgan fingerprint density at radius 2 is 1.97 bits per heavy atom. The number of aromatic nitrogens is 6. The van der Waals surface area contributed by atoms with E-state index in [4.69, 9.17) is 4.52 Å². The van der Waals surface area contributed by atoms with Gasteiger partial charge in [-0.25, -0.2) is 0 Å². The third-order valence-corrected chi connectivity index (χ3v) is 5.91. The van der Waals surface area contributed by atoms with E-state index >= 15 is 0 Å². The highest BCUT2D eigenvalue weighted by Crippen LogP contribution is 2.25. The number of hydrogen-bond donors (Lipinski definition) is 0. The van der Waals surface area contributed by atoms with Crippen molar-refractivity contribution in [3.8, 4) is 11.5 Å². The molecule has 8 nitrogen and oxygen atoms in total. The third kappa shape index (κ3) is 3.50. The molecule has 0 bridgehead atoms. The van der Waals surface area contributed by atoms with E-state index in [1.54, 1.807) is 4.57 Å². The van der Waals surface area contributed by atoms with Crippen LogP contribution in [0.4, 0.5) is 0 Å². The average Bonchev–Trinajstić information content (AvgIpc) is 3.42. The fourth-order valence-corrected chi connectivity index (χ4v) is 4.37. The second-order valence-corrected chi connectivity index (χ2v) is 8.21. The van der Waals surface area contributed by atoms with Crippen molar-refractivity contribution in [2.75, 3.05) is 0 Å². The van der Waals surface area contributed by atoms with Crippen molar-refractivity contribution in [2.45, 2.75) is 37.7 Å². The van der Waals surface area contributed by atoms with E-state index in [2.05, 4.69) is 20.3 Å². The summed E-state index contributed by atoms with van der Waals surface area (Å²) in [7, 11) is 0. The van der Waals surface area contributed by atoms with Crippen molar-refractivity contribution in [1.29, 1.82) is 0 Å². The maximum absolute atomic E-state index is 12.9. The largest absolute Gasteiger partial charge is 0.334 e. The average molecular weight is 433 g/mol. The molecule has 0 N–H and O–H groups in total. The quantitative estimate of drug-likeness (QED) is 0.373. The minimum absolute atomic E-state index is 0.0464. The summed E-state index contributed by atoms with van der Waals surface area (Å²) in [5.41, 5.74) is 2.77. The molecule has 5 aromatic rings. The molecule has 0 atom stereocenters. The summed E-state index contributed by atoms with van der Waals surface area (Å²) in [6, 6.07) is 15.5. The SMILES string of the molecule is CCCn1c(=O)c2ccccc2n2c(SCc3noc(-c4cccc(C)c4)n3)nnc12. The molecular formula is C22H20N6O2S. The van der Waals surface area contributed by atoms with Crippen molar-refractivity contribution in [2.24, 2.45) is 0 Å². The van der Waals surface area contributed by atoms with E-state index in [1.165, 1.54) is 11.8 Å². The second kappa shape index (κ2) is 7.99. The van der Waals surface area contributed by atoms with Gasteiger partial charge in [0.15, 0.2) is 11.0 Å². The normalized spacial score (nSPS) is 11.5. The van der Waals surface area contributed by atoms with Crippen LogP contribution in [-0.4, -0.2) is 29.3 Å². The minimum Gasteiger partial charge on any atom is -0.334 e. The van der Waals surface area contributed by atoms with Crippen LogP contribution in [0.2, 0.25) is 0 Å². The van der Waals surface area contributed by atoms with Gasteiger partial charge in [-0.05, 0) is 37.6 Å². The van der Waals surface area contributed by atoms with Crippen LogP contribution in [0.25, 0.3) is 28.1 Å². The molecule has 0 saturated carbocycles. The first-order valence-corrected chi connectivity index (χ1v) is 11.0.